The van der Waals surface area contributed by atoms with Gasteiger partial charge in [0.25, 0.3) is 0 Å². The van der Waals surface area contributed by atoms with Gasteiger partial charge >= 0.3 is 0 Å². The van der Waals surface area contributed by atoms with E-state index < -0.39 is 0 Å². The van der Waals surface area contributed by atoms with Crippen molar-refractivity contribution in [2.75, 3.05) is 0 Å². The van der Waals surface area contributed by atoms with Gasteiger partial charge < -0.3 is 4.74 Å². The van der Waals surface area contributed by atoms with Crippen LogP contribution < -0.4 is 16.0 Å². The molecular weight excluding hydrogens is 248 g/mol. The number of hydrazine groups is 1. The van der Waals surface area contributed by atoms with Gasteiger partial charge in [0.05, 0.1) is 6.10 Å². The van der Waals surface area contributed by atoms with E-state index in [4.69, 9.17) is 10.6 Å². The van der Waals surface area contributed by atoms with Gasteiger partial charge in [0.1, 0.15) is 5.75 Å². The molecule has 2 aliphatic rings. The minimum absolute atomic E-state index is 0.271. The van der Waals surface area contributed by atoms with Crippen LogP contribution in [-0.4, -0.2) is 6.10 Å². The van der Waals surface area contributed by atoms with E-state index in [-0.39, 0.29) is 6.04 Å². The van der Waals surface area contributed by atoms with Crippen molar-refractivity contribution in [1.29, 1.82) is 0 Å². The van der Waals surface area contributed by atoms with Crippen molar-refractivity contribution in [2.24, 2.45) is 11.8 Å². The lowest BCUT2D eigenvalue weighted by atomic mass is 9.83. The van der Waals surface area contributed by atoms with Crippen LogP contribution in [0.15, 0.2) is 24.3 Å². The molecule has 20 heavy (non-hydrogen) atoms. The molecule has 3 nitrogen and oxygen atoms in total. The average Bonchev–Trinajstić information content (AvgIpc) is 3.31. The van der Waals surface area contributed by atoms with E-state index in [0.717, 1.165) is 18.1 Å². The van der Waals surface area contributed by atoms with Crippen molar-refractivity contribution in [1.82, 2.24) is 5.43 Å². The second-order valence-corrected chi connectivity index (χ2v) is 6.35. The van der Waals surface area contributed by atoms with Crippen LogP contribution in [0, 0.1) is 5.92 Å². The first kappa shape index (κ1) is 13.9. The van der Waals surface area contributed by atoms with Gasteiger partial charge in [-0.25, -0.2) is 0 Å². The molecule has 3 heteroatoms. The number of nitrogens with one attached hydrogen (secondary N) is 1. The van der Waals surface area contributed by atoms with Gasteiger partial charge in [0.2, 0.25) is 0 Å². The number of nitrogens with two attached hydrogens (primary N) is 1. The molecule has 2 aliphatic carbocycles. The van der Waals surface area contributed by atoms with Gasteiger partial charge in [-0.2, -0.15) is 0 Å². The van der Waals surface area contributed by atoms with Crippen molar-refractivity contribution in [3.63, 3.8) is 0 Å². The second-order valence-electron chi connectivity index (χ2n) is 6.35. The van der Waals surface area contributed by atoms with E-state index in [1.165, 1.54) is 50.5 Å². The molecular formula is C17H26N2O. The molecule has 0 aromatic heterocycles. The summed E-state index contributed by atoms with van der Waals surface area (Å²) in [5.41, 5.74) is 4.28. The van der Waals surface area contributed by atoms with Crippen LogP contribution in [0.5, 0.6) is 5.75 Å². The Morgan fingerprint density at radius 3 is 2.35 bits per heavy atom. The Morgan fingerprint density at radius 1 is 1.05 bits per heavy atom. The summed E-state index contributed by atoms with van der Waals surface area (Å²) < 4.78 is 5.79. The van der Waals surface area contributed by atoms with Gasteiger partial charge in [-0.3, -0.25) is 11.3 Å². The minimum atomic E-state index is 0.271. The number of hydrogen-bond donors (Lipinski definition) is 2. The smallest absolute Gasteiger partial charge is 0.119 e. The molecule has 1 unspecified atom stereocenters. The molecule has 0 radical (unpaired) electrons. The van der Waals surface area contributed by atoms with Crippen LogP contribution in [-0.2, 0) is 0 Å². The first-order valence-electron chi connectivity index (χ1n) is 8.08. The van der Waals surface area contributed by atoms with E-state index in [0.29, 0.717) is 6.10 Å². The van der Waals surface area contributed by atoms with Crippen molar-refractivity contribution < 1.29 is 4.74 Å². The van der Waals surface area contributed by atoms with Gasteiger partial charge in [0, 0.05) is 6.04 Å². The fourth-order valence-electron chi connectivity index (χ4n) is 3.21. The van der Waals surface area contributed by atoms with Gasteiger partial charge in [-0.1, -0.05) is 44.2 Å². The van der Waals surface area contributed by atoms with Crippen LogP contribution in [0.4, 0.5) is 0 Å². The lowest BCUT2D eigenvalue weighted by Gasteiger charge is -2.26. The number of rotatable bonds is 6. The summed E-state index contributed by atoms with van der Waals surface area (Å²) in [4.78, 5) is 0. The summed E-state index contributed by atoms with van der Waals surface area (Å²) in [7, 11) is 0. The molecule has 0 heterocycles. The van der Waals surface area contributed by atoms with E-state index >= 15 is 0 Å². The maximum atomic E-state index is 5.79. The van der Waals surface area contributed by atoms with E-state index in [9.17, 15) is 0 Å². The fourth-order valence-corrected chi connectivity index (χ4v) is 3.21. The van der Waals surface area contributed by atoms with Crippen LogP contribution in [0.1, 0.15) is 63.0 Å². The maximum Gasteiger partial charge on any atom is 0.119 e. The van der Waals surface area contributed by atoms with Crippen LogP contribution in [0.2, 0.25) is 0 Å². The number of hydrogen-bond acceptors (Lipinski definition) is 3. The normalized spacial score (nSPS) is 21.6. The Balaban J connectivity index is 1.58. The number of ether oxygens (including phenoxy) is 1. The third-order valence-electron chi connectivity index (χ3n) is 4.60. The largest absolute Gasteiger partial charge is 0.490 e. The summed E-state index contributed by atoms with van der Waals surface area (Å²) in [6.07, 6.45) is 10.9. The van der Waals surface area contributed by atoms with E-state index in [1.807, 2.05) is 0 Å². The molecule has 0 aliphatic heterocycles. The monoisotopic (exact) mass is 274 g/mol. The molecule has 1 atom stereocenters. The molecule has 110 valence electrons. The summed E-state index contributed by atoms with van der Waals surface area (Å²) in [5.74, 6) is 7.59. The highest BCUT2D eigenvalue weighted by Crippen LogP contribution is 2.32. The molecule has 0 spiro atoms. The Kier molecular flexibility index (Phi) is 4.58. The fraction of sp³-hybridized carbons (Fsp3) is 0.647. The molecule has 1 aromatic carbocycles. The average molecular weight is 274 g/mol. The first-order valence-corrected chi connectivity index (χ1v) is 8.08. The van der Waals surface area contributed by atoms with Crippen molar-refractivity contribution in [3.05, 3.63) is 29.8 Å². The van der Waals surface area contributed by atoms with Crippen molar-refractivity contribution in [2.45, 2.75) is 63.5 Å². The van der Waals surface area contributed by atoms with Crippen molar-refractivity contribution in [3.8, 4) is 5.75 Å². The summed E-state index contributed by atoms with van der Waals surface area (Å²) >= 11 is 0. The second kappa shape index (κ2) is 6.59. The highest BCUT2D eigenvalue weighted by atomic mass is 16.5. The SMILES string of the molecule is NNC(CC1CCCCC1)c1ccc(OC2CC2)cc1. The molecule has 1 aromatic rings. The van der Waals surface area contributed by atoms with Crippen molar-refractivity contribution >= 4 is 0 Å². The van der Waals surface area contributed by atoms with E-state index in [2.05, 4.69) is 29.7 Å². The van der Waals surface area contributed by atoms with E-state index in [1.54, 1.807) is 0 Å². The zero-order valence-electron chi connectivity index (χ0n) is 12.2. The molecule has 2 saturated carbocycles. The molecule has 3 rings (SSSR count). The molecule has 0 amide bonds. The zero-order valence-corrected chi connectivity index (χ0v) is 12.2. The quantitative estimate of drug-likeness (QED) is 0.614. The topological polar surface area (TPSA) is 47.3 Å². The van der Waals surface area contributed by atoms with Crippen LogP contribution >= 0.6 is 0 Å². The highest BCUT2D eigenvalue weighted by molar-refractivity contribution is 5.29. The highest BCUT2D eigenvalue weighted by Gasteiger charge is 2.24. The summed E-state index contributed by atoms with van der Waals surface area (Å²) in [6.45, 7) is 0. The Morgan fingerprint density at radius 2 is 1.75 bits per heavy atom. The van der Waals surface area contributed by atoms with Crippen LogP contribution in [0.25, 0.3) is 0 Å². The Bertz CT molecular complexity index is 408. The number of benzene rings is 1. The predicted molar refractivity (Wildman–Crippen MR) is 81.3 cm³/mol. The molecule has 0 saturated heterocycles. The maximum absolute atomic E-state index is 5.79. The third-order valence-corrected chi connectivity index (χ3v) is 4.60. The molecule has 0 bridgehead atoms. The summed E-state index contributed by atoms with van der Waals surface area (Å²) in [6, 6.07) is 8.75. The Hall–Kier alpha value is -1.06. The van der Waals surface area contributed by atoms with Gasteiger partial charge in [0.15, 0.2) is 0 Å². The molecule has 2 fully saturated rings. The molecule has 3 N–H and O–H groups in total. The lowest BCUT2D eigenvalue weighted by molar-refractivity contribution is 0.298. The first-order chi connectivity index (χ1) is 9.85. The minimum Gasteiger partial charge on any atom is -0.490 e. The van der Waals surface area contributed by atoms with Gasteiger partial charge in [-0.15, -0.1) is 0 Å². The summed E-state index contributed by atoms with van der Waals surface area (Å²) in [5, 5.41) is 0. The Labute approximate surface area is 121 Å². The zero-order chi connectivity index (χ0) is 13.8. The predicted octanol–water partition coefficient (Wildman–Crippen LogP) is 3.70. The lowest BCUT2D eigenvalue weighted by Crippen LogP contribution is -2.30. The van der Waals surface area contributed by atoms with Crippen LogP contribution in [0.3, 0.4) is 0 Å². The van der Waals surface area contributed by atoms with Gasteiger partial charge in [-0.05, 0) is 42.9 Å². The standard InChI is InChI=1S/C17H26N2O/c18-19-17(12-13-4-2-1-3-5-13)14-6-8-15(9-7-14)20-16-10-11-16/h6-9,13,16-17,19H,1-5,10-12,18H2. The third kappa shape index (κ3) is 3.74.